The number of hydrogen-bond donors (Lipinski definition) is 1. The Morgan fingerprint density at radius 2 is 2.05 bits per heavy atom. The first-order valence-corrected chi connectivity index (χ1v) is 6.60. The van der Waals surface area contributed by atoms with Gasteiger partial charge in [-0.05, 0) is 31.4 Å². The first-order chi connectivity index (χ1) is 8.91. The maximum absolute atomic E-state index is 11.1. The first-order valence-electron chi connectivity index (χ1n) is 6.60. The highest BCUT2D eigenvalue weighted by Crippen LogP contribution is 2.34. The van der Waals surface area contributed by atoms with E-state index in [4.69, 9.17) is 0 Å². The Morgan fingerprint density at radius 1 is 1.42 bits per heavy atom. The Kier molecular flexibility index (Phi) is 3.75. The van der Waals surface area contributed by atoms with E-state index in [-0.39, 0.29) is 10.6 Å². The summed E-state index contributed by atoms with van der Waals surface area (Å²) in [6, 6.07) is 5.19. The van der Waals surface area contributed by atoms with Crippen molar-refractivity contribution in [2.24, 2.45) is 0 Å². The quantitative estimate of drug-likeness (QED) is 0.670. The van der Waals surface area contributed by atoms with Crippen molar-refractivity contribution in [2.75, 3.05) is 18.5 Å². The van der Waals surface area contributed by atoms with Gasteiger partial charge in [0, 0.05) is 19.7 Å². The lowest BCUT2D eigenvalue weighted by Crippen LogP contribution is -2.39. The predicted molar refractivity (Wildman–Crippen MR) is 74.5 cm³/mol. The molecule has 1 aliphatic rings. The summed E-state index contributed by atoms with van der Waals surface area (Å²) in [5.74, 6) is 0. The van der Waals surface area contributed by atoms with Crippen LogP contribution in [0.1, 0.15) is 31.2 Å². The predicted octanol–water partition coefficient (Wildman–Crippen LogP) is 2.64. The molecule has 1 saturated carbocycles. The molecular formula is C14H20N2O3. The number of rotatable bonds is 4. The third-order valence-electron chi connectivity index (χ3n) is 3.80. The van der Waals surface area contributed by atoms with Crippen molar-refractivity contribution in [1.29, 1.82) is 0 Å². The molecule has 104 valence electrons. The van der Waals surface area contributed by atoms with Gasteiger partial charge in [0.05, 0.1) is 10.5 Å². The number of nitro benzene ring substituents is 1. The van der Waals surface area contributed by atoms with Crippen LogP contribution in [-0.2, 0) is 0 Å². The second kappa shape index (κ2) is 5.17. The highest BCUT2D eigenvalue weighted by Gasteiger charge is 2.33. The van der Waals surface area contributed by atoms with E-state index in [9.17, 15) is 15.2 Å². The average Bonchev–Trinajstić information content (AvgIpc) is 2.75. The van der Waals surface area contributed by atoms with Gasteiger partial charge >= 0.3 is 0 Å². The van der Waals surface area contributed by atoms with Gasteiger partial charge in [-0.25, -0.2) is 0 Å². The number of aryl methyl sites for hydroxylation is 1. The van der Waals surface area contributed by atoms with Crippen molar-refractivity contribution in [2.45, 2.75) is 38.2 Å². The summed E-state index contributed by atoms with van der Waals surface area (Å²) in [5, 5.41) is 21.5. The largest absolute Gasteiger partial charge is 0.388 e. The highest BCUT2D eigenvalue weighted by molar-refractivity contribution is 5.64. The molecule has 0 amide bonds. The van der Waals surface area contributed by atoms with Gasteiger partial charge in [0.1, 0.15) is 5.69 Å². The number of benzene rings is 1. The minimum atomic E-state index is -0.701. The third-order valence-corrected chi connectivity index (χ3v) is 3.80. The summed E-state index contributed by atoms with van der Waals surface area (Å²) in [6.07, 6.45) is 3.61. The van der Waals surface area contributed by atoms with Gasteiger partial charge in [-0.3, -0.25) is 10.1 Å². The fourth-order valence-corrected chi connectivity index (χ4v) is 2.82. The van der Waals surface area contributed by atoms with Crippen molar-refractivity contribution >= 4 is 11.4 Å². The fraction of sp³-hybridized carbons (Fsp3) is 0.571. The average molecular weight is 264 g/mol. The molecule has 1 aromatic rings. The lowest BCUT2D eigenvalue weighted by Gasteiger charge is -2.29. The Hall–Kier alpha value is -1.62. The summed E-state index contributed by atoms with van der Waals surface area (Å²) < 4.78 is 0. The van der Waals surface area contributed by atoms with Crippen molar-refractivity contribution < 1.29 is 10.0 Å². The van der Waals surface area contributed by atoms with Crippen LogP contribution in [0.15, 0.2) is 18.2 Å². The third kappa shape index (κ3) is 3.04. The van der Waals surface area contributed by atoms with E-state index < -0.39 is 5.60 Å². The molecule has 0 saturated heterocycles. The van der Waals surface area contributed by atoms with Gasteiger partial charge in [0.25, 0.3) is 5.69 Å². The number of anilines is 1. The van der Waals surface area contributed by atoms with Gasteiger partial charge in [-0.2, -0.15) is 0 Å². The van der Waals surface area contributed by atoms with E-state index in [0.29, 0.717) is 12.2 Å². The lowest BCUT2D eigenvalue weighted by molar-refractivity contribution is -0.384. The van der Waals surface area contributed by atoms with E-state index in [0.717, 1.165) is 31.2 Å². The number of likely N-dealkylation sites (N-methyl/N-ethyl adjacent to an activating group) is 1. The summed E-state index contributed by atoms with van der Waals surface area (Å²) in [4.78, 5) is 12.5. The smallest absolute Gasteiger partial charge is 0.292 e. The van der Waals surface area contributed by atoms with E-state index in [2.05, 4.69) is 0 Å². The van der Waals surface area contributed by atoms with Crippen molar-refractivity contribution in [1.82, 2.24) is 0 Å². The molecule has 0 atom stereocenters. The van der Waals surface area contributed by atoms with Crippen LogP contribution < -0.4 is 4.90 Å². The minimum absolute atomic E-state index is 0.101. The SMILES string of the molecule is Cc1ccc(N(C)CC2(O)CCCC2)c([N+](=O)[O-])c1. The monoisotopic (exact) mass is 264 g/mol. The van der Waals surface area contributed by atoms with Crippen LogP contribution in [0.3, 0.4) is 0 Å². The number of nitro groups is 1. The van der Waals surface area contributed by atoms with Gasteiger partial charge in [-0.1, -0.05) is 18.9 Å². The lowest BCUT2D eigenvalue weighted by atomic mass is 10.0. The normalized spacial score (nSPS) is 17.4. The topological polar surface area (TPSA) is 66.6 Å². The van der Waals surface area contributed by atoms with Crippen molar-refractivity contribution in [3.8, 4) is 0 Å². The zero-order valence-corrected chi connectivity index (χ0v) is 11.4. The van der Waals surface area contributed by atoms with Crippen LogP contribution in [0, 0.1) is 17.0 Å². The molecule has 0 unspecified atom stereocenters. The molecule has 2 rings (SSSR count). The van der Waals surface area contributed by atoms with Crippen LogP contribution in [-0.4, -0.2) is 29.2 Å². The molecule has 0 radical (unpaired) electrons. The second-order valence-corrected chi connectivity index (χ2v) is 5.54. The molecule has 1 N–H and O–H groups in total. The molecule has 0 spiro atoms. The van der Waals surface area contributed by atoms with Crippen molar-refractivity contribution in [3.05, 3.63) is 33.9 Å². The van der Waals surface area contributed by atoms with E-state index in [1.807, 2.05) is 13.0 Å². The summed E-state index contributed by atoms with van der Waals surface area (Å²) in [7, 11) is 1.80. The standard InChI is InChI=1S/C14H20N2O3/c1-11-5-6-12(13(9-11)16(18)19)15(2)10-14(17)7-3-4-8-14/h5-6,9,17H,3-4,7-8,10H2,1-2H3. The molecule has 0 bridgehead atoms. The first kappa shape index (κ1) is 13.8. The van der Waals surface area contributed by atoms with Gasteiger partial charge in [0.15, 0.2) is 0 Å². The summed E-state index contributed by atoms with van der Waals surface area (Å²) in [5.41, 5.74) is 0.830. The van der Waals surface area contributed by atoms with E-state index in [1.54, 1.807) is 24.1 Å². The van der Waals surface area contributed by atoms with Crippen LogP contribution in [0.5, 0.6) is 0 Å². The van der Waals surface area contributed by atoms with Crippen molar-refractivity contribution in [3.63, 3.8) is 0 Å². The molecule has 0 aliphatic heterocycles. The Balaban J connectivity index is 2.23. The molecule has 19 heavy (non-hydrogen) atoms. The molecule has 1 aliphatic carbocycles. The highest BCUT2D eigenvalue weighted by atomic mass is 16.6. The maximum atomic E-state index is 11.1. The molecule has 1 fully saturated rings. The summed E-state index contributed by atoms with van der Waals surface area (Å²) in [6.45, 7) is 2.28. The van der Waals surface area contributed by atoms with Crippen LogP contribution in [0.25, 0.3) is 0 Å². The van der Waals surface area contributed by atoms with Crippen LogP contribution >= 0.6 is 0 Å². The van der Waals surface area contributed by atoms with Gasteiger partial charge < -0.3 is 10.0 Å². The Bertz CT molecular complexity index is 482. The zero-order valence-electron chi connectivity index (χ0n) is 11.4. The summed E-state index contributed by atoms with van der Waals surface area (Å²) >= 11 is 0. The molecule has 1 aromatic carbocycles. The van der Waals surface area contributed by atoms with Crippen LogP contribution in [0.4, 0.5) is 11.4 Å². The maximum Gasteiger partial charge on any atom is 0.292 e. The Labute approximate surface area is 113 Å². The fourth-order valence-electron chi connectivity index (χ4n) is 2.82. The molecule has 5 nitrogen and oxygen atoms in total. The number of aliphatic hydroxyl groups is 1. The molecule has 0 aromatic heterocycles. The molecule has 5 heteroatoms. The van der Waals surface area contributed by atoms with Gasteiger partial charge in [-0.15, -0.1) is 0 Å². The molecular weight excluding hydrogens is 244 g/mol. The zero-order chi connectivity index (χ0) is 14.0. The minimum Gasteiger partial charge on any atom is -0.388 e. The Morgan fingerprint density at radius 3 is 2.63 bits per heavy atom. The van der Waals surface area contributed by atoms with Crippen LogP contribution in [0.2, 0.25) is 0 Å². The molecule has 0 heterocycles. The number of hydrogen-bond acceptors (Lipinski definition) is 4. The number of nitrogens with zero attached hydrogens (tertiary/aromatic N) is 2. The second-order valence-electron chi connectivity index (χ2n) is 5.54. The van der Waals surface area contributed by atoms with Gasteiger partial charge in [0.2, 0.25) is 0 Å². The van der Waals surface area contributed by atoms with E-state index >= 15 is 0 Å². The van der Waals surface area contributed by atoms with E-state index in [1.165, 1.54) is 0 Å².